The van der Waals surface area contributed by atoms with E-state index in [-0.39, 0.29) is 29.8 Å². The van der Waals surface area contributed by atoms with E-state index in [4.69, 9.17) is 0 Å². The second kappa shape index (κ2) is 7.99. The average molecular weight is 487 g/mol. The number of imidazole rings is 2. The molecule has 3 aromatic heterocycles. The molecule has 0 bridgehead atoms. The molecule has 2 fully saturated rings. The van der Waals surface area contributed by atoms with Crippen LogP contribution >= 0.6 is 0 Å². The molecule has 6 rings (SSSR count). The number of halogens is 3. The van der Waals surface area contributed by atoms with Crippen LogP contribution in [-0.4, -0.2) is 49.4 Å². The smallest absolute Gasteiger partial charge is 0.387 e. The van der Waals surface area contributed by atoms with Crippen molar-refractivity contribution in [3.05, 3.63) is 53.6 Å². The number of carbonyl (C=O) groups excluding carboxylic acids is 1. The van der Waals surface area contributed by atoms with Crippen molar-refractivity contribution in [2.45, 2.75) is 38.2 Å². The van der Waals surface area contributed by atoms with Gasteiger partial charge in [0.2, 0.25) is 5.88 Å². The molecule has 12 heteroatoms. The summed E-state index contributed by atoms with van der Waals surface area (Å²) in [6, 6.07) is 3.12. The van der Waals surface area contributed by atoms with Crippen molar-refractivity contribution in [3.8, 4) is 5.88 Å². The lowest BCUT2D eigenvalue weighted by Gasteiger charge is -2.21. The maximum atomic E-state index is 13.1. The molecule has 2 aliphatic carbocycles. The van der Waals surface area contributed by atoms with Crippen LogP contribution in [0.2, 0.25) is 0 Å². The summed E-state index contributed by atoms with van der Waals surface area (Å²) >= 11 is 0. The maximum absolute atomic E-state index is 13.1. The molecular formula is C23H24F3N7O2. The molecule has 184 valence electrons. The van der Waals surface area contributed by atoms with Crippen molar-refractivity contribution in [3.63, 3.8) is 0 Å². The van der Waals surface area contributed by atoms with E-state index >= 15 is 0 Å². The predicted molar refractivity (Wildman–Crippen MR) is 118 cm³/mol. The number of ether oxygens (including phenoxy) is 1. The molecule has 1 saturated carbocycles. The van der Waals surface area contributed by atoms with Gasteiger partial charge in [0.25, 0.3) is 5.91 Å². The van der Waals surface area contributed by atoms with Gasteiger partial charge in [0, 0.05) is 37.6 Å². The Bertz CT molecular complexity index is 1270. The van der Waals surface area contributed by atoms with E-state index in [1.165, 1.54) is 18.9 Å². The monoisotopic (exact) mass is 487 g/mol. The first-order valence-electron chi connectivity index (χ1n) is 11.6. The second-order valence-electron chi connectivity index (χ2n) is 9.53. The van der Waals surface area contributed by atoms with Gasteiger partial charge < -0.3 is 24.1 Å². The fourth-order valence-electron chi connectivity index (χ4n) is 5.16. The van der Waals surface area contributed by atoms with Crippen LogP contribution in [0.3, 0.4) is 0 Å². The van der Waals surface area contributed by atoms with Gasteiger partial charge in [-0.2, -0.15) is 4.98 Å². The number of carbonyl (C=O) groups is 1. The zero-order valence-electron chi connectivity index (χ0n) is 19.0. The Morgan fingerprint density at radius 3 is 2.77 bits per heavy atom. The van der Waals surface area contributed by atoms with E-state index in [1.807, 2.05) is 16.5 Å². The number of aromatic nitrogens is 5. The lowest BCUT2D eigenvalue weighted by atomic mass is 10.2. The van der Waals surface area contributed by atoms with Crippen molar-refractivity contribution < 1.29 is 22.7 Å². The Kier molecular flexibility index (Phi) is 5.01. The van der Waals surface area contributed by atoms with Gasteiger partial charge >= 0.3 is 6.36 Å². The SMILES string of the molecule is Cn1cnc2c1CCC2NC(=O)c1cn(Cc2ccc(N3CC4CC4C3)nc2OC(F)(F)F)cn1. The number of piperidine rings is 1. The standard InChI is InChI=1S/C23H24F3N7O2/c1-31-11-28-20-16(3-4-18(20)31)29-21(34)17-10-32(12-27-17)7-13-2-5-19(30-22(13)35-23(24,25)26)33-8-14-6-15(14)9-33/h2,5,10-12,14-16H,3-4,6-9H2,1H3,(H,29,34). The van der Waals surface area contributed by atoms with Gasteiger partial charge in [0.05, 0.1) is 30.9 Å². The third kappa shape index (κ3) is 4.32. The quantitative estimate of drug-likeness (QED) is 0.575. The minimum Gasteiger partial charge on any atom is -0.387 e. The number of alkyl halides is 3. The normalized spacial score (nSPS) is 22.7. The maximum Gasteiger partial charge on any atom is 0.574 e. The van der Waals surface area contributed by atoms with Crippen molar-refractivity contribution in [1.29, 1.82) is 0 Å². The number of hydrogen-bond donors (Lipinski definition) is 1. The molecule has 0 aromatic carbocycles. The summed E-state index contributed by atoms with van der Waals surface area (Å²) in [5.41, 5.74) is 2.37. The van der Waals surface area contributed by atoms with Crippen LogP contribution in [0.25, 0.3) is 0 Å². The molecule has 0 spiro atoms. The summed E-state index contributed by atoms with van der Waals surface area (Å²) in [5, 5.41) is 2.95. The Labute approximate surface area is 198 Å². The molecule has 3 aliphatic rings. The van der Waals surface area contributed by atoms with Gasteiger partial charge in [-0.05, 0) is 43.2 Å². The van der Waals surface area contributed by atoms with Crippen molar-refractivity contribution in [2.75, 3.05) is 18.0 Å². The number of rotatable bonds is 6. The van der Waals surface area contributed by atoms with Crippen LogP contribution in [0.4, 0.5) is 19.0 Å². The van der Waals surface area contributed by atoms with Gasteiger partial charge in [-0.25, -0.2) is 9.97 Å². The van der Waals surface area contributed by atoms with Gasteiger partial charge in [-0.1, -0.05) is 0 Å². The van der Waals surface area contributed by atoms with Crippen LogP contribution < -0.4 is 15.0 Å². The first-order valence-corrected chi connectivity index (χ1v) is 11.6. The van der Waals surface area contributed by atoms with E-state index in [9.17, 15) is 18.0 Å². The highest BCUT2D eigenvalue weighted by atomic mass is 19.4. The van der Waals surface area contributed by atoms with Crippen LogP contribution in [-0.2, 0) is 20.0 Å². The summed E-state index contributed by atoms with van der Waals surface area (Å²) in [5.74, 6) is 0.875. The number of hydrogen-bond acceptors (Lipinski definition) is 6. The number of nitrogens with zero attached hydrogens (tertiary/aromatic N) is 6. The van der Waals surface area contributed by atoms with E-state index in [0.29, 0.717) is 17.7 Å². The van der Waals surface area contributed by atoms with Crippen molar-refractivity contribution in [2.24, 2.45) is 18.9 Å². The van der Waals surface area contributed by atoms with Crippen LogP contribution in [0, 0.1) is 11.8 Å². The van der Waals surface area contributed by atoms with Crippen LogP contribution in [0.5, 0.6) is 5.88 Å². The Hall–Kier alpha value is -3.57. The number of anilines is 1. The highest BCUT2D eigenvalue weighted by Gasteiger charge is 2.45. The van der Waals surface area contributed by atoms with Gasteiger partial charge in [-0.15, -0.1) is 13.2 Å². The van der Waals surface area contributed by atoms with E-state index in [1.54, 1.807) is 23.0 Å². The molecule has 3 aromatic rings. The summed E-state index contributed by atoms with van der Waals surface area (Å²) in [7, 11) is 1.92. The molecule has 9 nitrogen and oxygen atoms in total. The Balaban J connectivity index is 1.17. The minimum absolute atomic E-state index is 0.0258. The molecule has 1 aliphatic heterocycles. The van der Waals surface area contributed by atoms with Gasteiger partial charge in [-0.3, -0.25) is 4.79 Å². The van der Waals surface area contributed by atoms with Crippen LogP contribution in [0.1, 0.15) is 46.3 Å². The Morgan fingerprint density at radius 1 is 1.20 bits per heavy atom. The van der Waals surface area contributed by atoms with Gasteiger partial charge in [0.15, 0.2) is 0 Å². The van der Waals surface area contributed by atoms with Crippen LogP contribution in [0.15, 0.2) is 31.0 Å². The molecule has 0 radical (unpaired) electrons. The first-order chi connectivity index (χ1) is 16.7. The largest absolute Gasteiger partial charge is 0.574 e. The van der Waals surface area contributed by atoms with Gasteiger partial charge in [0.1, 0.15) is 11.5 Å². The number of nitrogens with one attached hydrogen (secondary N) is 1. The zero-order valence-corrected chi connectivity index (χ0v) is 19.0. The molecule has 35 heavy (non-hydrogen) atoms. The number of aryl methyl sites for hydroxylation is 1. The average Bonchev–Trinajstić information content (AvgIpc) is 3.26. The molecule has 3 unspecified atom stereocenters. The van der Waals surface area contributed by atoms with Crippen molar-refractivity contribution in [1.82, 2.24) is 29.4 Å². The lowest BCUT2D eigenvalue weighted by Crippen LogP contribution is -2.27. The predicted octanol–water partition coefficient (Wildman–Crippen LogP) is 2.83. The first kappa shape index (κ1) is 21.9. The summed E-state index contributed by atoms with van der Waals surface area (Å²) in [6.45, 7) is 1.64. The number of fused-ring (bicyclic) bond motifs is 2. The summed E-state index contributed by atoms with van der Waals surface area (Å²) in [6.07, 6.45) is 2.55. The molecule has 1 saturated heterocycles. The fraction of sp³-hybridized carbons (Fsp3) is 0.478. The fourth-order valence-corrected chi connectivity index (χ4v) is 5.16. The molecule has 1 amide bonds. The minimum atomic E-state index is -4.86. The molecular weight excluding hydrogens is 463 g/mol. The van der Waals surface area contributed by atoms with E-state index in [2.05, 4.69) is 25.0 Å². The number of pyridine rings is 1. The second-order valence-corrected chi connectivity index (χ2v) is 9.53. The molecule has 4 heterocycles. The molecule has 3 atom stereocenters. The Morgan fingerprint density at radius 2 is 2.00 bits per heavy atom. The van der Waals surface area contributed by atoms with E-state index < -0.39 is 12.2 Å². The third-order valence-electron chi connectivity index (χ3n) is 7.06. The molecule has 1 N–H and O–H groups in total. The topological polar surface area (TPSA) is 90.1 Å². The third-order valence-corrected chi connectivity index (χ3v) is 7.06. The zero-order chi connectivity index (χ0) is 24.3. The number of amides is 1. The van der Waals surface area contributed by atoms with Crippen molar-refractivity contribution >= 4 is 11.7 Å². The van der Waals surface area contributed by atoms with E-state index in [0.717, 1.165) is 37.3 Å². The summed E-state index contributed by atoms with van der Waals surface area (Å²) < 4.78 is 47.0. The highest BCUT2D eigenvalue weighted by Crippen LogP contribution is 2.46. The lowest BCUT2D eigenvalue weighted by molar-refractivity contribution is -0.276. The highest BCUT2D eigenvalue weighted by molar-refractivity contribution is 5.92. The summed E-state index contributed by atoms with van der Waals surface area (Å²) in [4.78, 5) is 27.5.